The molecule has 2 N–H and O–H groups in total. The van der Waals surface area contributed by atoms with E-state index in [1.807, 2.05) is 27.9 Å². The summed E-state index contributed by atoms with van der Waals surface area (Å²) in [4.78, 5) is 2.08. The summed E-state index contributed by atoms with van der Waals surface area (Å²) in [7, 11) is 4.01. The van der Waals surface area contributed by atoms with Gasteiger partial charge in [-0.25, -0.2) is 0 Å². The van der Waals surface area contributed by atoms with Crippen molar-refractivity contribution in [2.75, 3.05) is 20.6 Å². The van der Waals surface area contributed by atoms with Gasteiger partial charge < -0.3 is 15.2 Å². The predicted octanol–water partition coefficient (Wildman–Crippen LogP) is 0.853. The highest BCUT2D eigenvalue weighted by molar-refractivity contribution is 5.25. The number of aryl methyl sites for hydroxylation is 2. The van der Waals surface area contributed by atoms with E-state index in [-0.39, 0.29) is 6.04 Å². The third kappa shape index (κ3) is 1.89. The highest BCUT2D eigenvalue weighted by Crippen LogP contribution is 2.23. The molecule has 74 valence electrons. The van der Waals surface area contributed by atoms with Crippen LogP contribution in [0.5, 0.6) is 0 Å². The summed E-state index contributed by atoms with van der Waals surface area (Å²) in [5, 5.41) is 3.91. The predicted molar refractivity (Wildman–Crippen MR) is 51.5 cm³/mol. The van der Waals surface area contributed by atoms with E-state index in [4.69, 9.17) is 10.3 Å². The van der Waals surface area contributed by atoms with E-state index in [1.54, 1.807) is 0 Å². The van der Waals surface area contributed by atoms with Gasteiger partial charge in [0.05, 0.1) is 11.7 Å². The van der Waals surface area contributed by atoms with Gasteiger partial charge in [0.15, 0.2) is 0 Å². The molecule has 0 aliphatic heterocycles. The van der Waals surface area contributed by atoms with Gasteiger partial charge in [0.1, 0.15) is 5.76 Å². The average Bonchev–Trinajstić information content (AvgIpc) is 2.36. The number of hydrogen-bond acceptors (Lipinski definition) is 4. The molecule has 13 heavy (non-hydrogen) atoms. The number of nitrogens with two attached hydrogens (primary N) is 1. The summed E-state index contributed by atoms with van der Waals surface area (Å²) in [5.41, 5.74) is 7.74. The average molecular weight is 183 g/mol. The third-order valence-corrected chi connectivity index (χ3v) is 2.27. The first-order valence-electron chi connectivity index (χ1n) is 4.37. The molecule has 1 unspecified atom stereocenters. The second kappa shape index (κ2) is 3.89. The van der Waals surface area contributed by atoms with Crippen molar-refractivity contribution in [1.29, 1.82) is 0 Å². The SMILES string of the molecule is Cc1noc(C)c1C(CN)N(C)C. The molecule has 0 saturated carbocycles. The number of hydrogen-bond donors (Lipinski definition) is 1. The van der Waals surface area contributed by atoms with Crippen LogP contribution in [0.1, 0.15) is 23.1 Å². The Labute approximate surface area is 78.7 Å². The number of aromatic nitrogens is 1. The minimum Gasteiger partial charge on any atom is -0.361 e. The molecule has 0 spiro atoms. The first-order chi connectivity index (χ1) is 6.07. The fourth-order valence-electron chi connectivity index (χ4n) is 1.55. The zero-order valence-electron chi connectivity index (χ0n) is 8.66. The van der Waals surface area contributed by atoms with Crippen molar-refractivity contribution in [2.24, 2.45) is 5.73 Å². The Hall–Kier alpha value is -0.870. The molecule has 1 atom stereocenters. The Morgan fingerprint density at radius 1 is 1.46 bits per heavy atom. The molecule has 1 aromatic heterocycles. The smallest absolute Gasteiger partial charge is 0.138 e. The van der Waals surface area contributed by atoms with Crippen molar-refractivity contribution in [3.05, 3.63) is 17.0 Å². The van der Waals surface area contributed by atoms with Crippen molar-refractivity contribution in [3.63, 3.8) is 0 Å². The van der Waals surface area contributed by atoms with Crippen LogP contribution in [0.4, 0.5) is 0 Å². The van der Waals surface area contributed by atoms with Crippen molar-refractivity contribution in [2.45, 2.75) is 19.9 Å². The maximum Gasteiger partial charge on any atom is 0.138 e. The Morgan fingerprint density at radius 2 is 2.08 bits per heavy atom. The quantitative estimate of drug-likeness (QED) is 0.755. The molecule has 4 nitrogen and oxygen atoms in total. The minimum absolute atomic E-state index is 0.200. The van der Waals surface area contributed by atoms with Gasteiger partial charge >= 0.3 is 0 Å². The van der Waals surface area contributed by atoms with Crippen molar-refractivity contribution in [3.8, 4) is 0 Å². The van der Waals surface area contributed by atoms with E-state index in [9.17, 15) is 0 Å². The molecule has 1 heterocycles. The number of nitrogens with zero attached hydrogens (tertiary/aromatic N) is 2. The maximum atomic E-state index is 5.69. The molecule has 1 aromatic rings. The Balaban J connectivity index is 3.03. The highest BCUT2D eigenvalue weighted by Gasteiger charge is 2.20. The van der Waals surface area contributed by atoms with E-state index >= 15 is 0 Å². The summed E-state index contributed by atoms with van der Waals surface area (Å²) < 4.78 is 5.10. The summed E-state index contributed by atoms with van der Waals surface area (Å²) in [6.07, 6.45) is 0. The number of rotatable bonds is 3. The van der Waals surface area contributed by atoms with Crippen LogP contribution in [-0.2, 0) is 0 Å². The first-order valence-corrected chi connectivity index (χ1v) is 4.37. The number of likely N-dealkylation sites (N-methyl/N-ethyl adjacent to an activating group) is 1. The monoisotopic (exact) mass is 183 g/mol. The Bertz CT molecular complexity index is 261. The molecular weight excluding hydrogens is 166 g/mol. The second-order valence-corrected chi connectivity index (χ2v) is 3.45. The van der Waals surface area contributed by atoms with Gasteiger partial charge in [-0.05, 0) is 27.9 Å². The van der Waals surface area contributed by atoms with E-state index in [0.717, 1.165) is 17.0 Å². The standard InChI is InChI=1S/C9H17N3O/c1-6-9(7(2)13-11-6)8(5-10)12(3)4/h8H,5,10H2,1-4H3. The zero-order valence-corrected chi connectivity index (χ0v) is 8.66. The third-order valence-electron chi connectivity index (χ3n) is 2.27. The highest BCUT2D eigenvalue weighted by atomic mass is 16.5. The maximum absolute atomic E-state index is 5.69. The van der Waals surface area contributed by atoms with E-state index < -0.39 is 0 Å². The molecule has 0 amide bonds. The molecular formula is C9H17N3O. The molecule has 0 bridgehead atoms. The molecule has 0 saturated heterocycles. The van der Waals surface area contributed by atoms with Gasteiger partial charge in [0.2, 0.25) is 0 Å². The van der Waals surface area contributed by atoms with Gasteiger partial charge in [-0.2, -0.15) is 0 Å². The van der Waals surface area contributed by atoms with Gasteiger partial charge in [-0.3, -0.25) is 0 Å². The van der Waals surface area contributed by atoms with Crippen LogP contribution < -0.4 is 5.73 Å². The van der Waals surface area contributed by atoms with E-state index in [0.29, 0.717) is 6.54 Å². The Kier molecular flexibility index (Phi) is 3.06. The summed E-state index contributed by atoms with van der Waals surface area (Å²) in [6, 6.07) is 0.200. The summed E-state index contributed by atoms with van der Waals surface area (Å²) in [6.45, 7) is 4.44. The molecule has 0 fully saturated rings. The van der Waals surface area contributed by atoms with Gasteiger partial charge in [0.25, 0.3) is 0 Å². The molecule has 0 aliphatic rings. The lowest BCUT2D eigenvalue weighted by Crippen LogP contribution is -2.27. The topological polar surface area (TPSA) is 55.3 Å². The van der Waals surface area contributed by atoms with Crippen LogP contribution >= 0.6 is 0 Å². The van der Waals surface area contributed by atoms with Crippen LogP contribution in [0.2, 0.25) is 0 Å². The fourth-order valence-corrected chi connectivity index (χ4v) is 1.55. The largest absolute Gasteiger partial charge is 0.361 e. The van der Waals surface area contributed by atoms with Crippen molar-refractivity contribution in [1.82, 2.24) is 10.1 Å². The molecule has 1 rings (SSSR count). The Morgan fingerprint density at radius 3 is 2.38 bits per heavy atom. The molecule has 0 radical (unpaired) electrons. The lowest BCUT2D eigenvalue weighted by atomic mass is 10.0. The summed E-state index contributed by atoms with van der Waals surface area (Å²) in [5.74, 6) is 0.863. The van der Waals surface area contributed by atoms with Crippen LogP contribution in [0.15, 0.2) is 4.52 Å². The first kappa shape index (κ1) is 10.2. The van der Waals surface area contributed by atoms with Crippen molar-refractivity contribution >= 4 is 0 Å². The lowest BCUT2D eigenvalue weighted by molar-refractivity contribution is 0.300. The van der Waals surface area contributed by atoms with Crippen molar-refractivity contribution < 1.29 is 4.52 Å². The van der Waals surface area contributed by atoms with E-state index in [1.165, 1.54) is 0 Å². The molecule has 0 aliphatic carbocycles. The lowest BCUT2D eigenvalue weighted by Gasteiger charge is -2.22. The van der Waals surface area contributed by atoms with E-state index in [2.05, 4.69) is 10.1 Å². The van der Waals surface area contributed by atoms with Crippen LogP contribution in [-0.4, -0.2) is 30.7 Å². The minimum atomic E-state index is 0.200. The van der Waals surface area contributed by atoms with Crippen LogP contribution in [0.25, 0.3) is 0 Å². The molecule has 0 aromatic carbocycles. The normalized spacial score (nSPS) is 13.7. The van der Waals surface area contributed by atoms with Crippen LogP contribution in [0.3, 0.4) is 0 Å². The second-order valence-electron chi connectivity index (χ2n) is 3.45. The van der Waals surface area contributed by atoms with Crippen LogP contribution in [0, 0.1) is 13.8 Å². The molecule has 4 heteroatoms. The zero-order chi connectivity index (χ0) is 10.0. The summed E-state index contributed by atoms with van der Waals surface area (Å²) >= 11 is 0. The van der Waals surface area contributed by atoms with Gasteiger partial charge in [-0.15, -0.1) is 0 Å². The fraction of sp³-hybridized carbons (Fsp3) is 0.667. The van der Waals surface area contributed by atoms with Gasteiger partial charge in [0, 0.05) is 12.1 Å². The van der Waals surface area contributed by atoms with Gasteiger partial charge in [-0.1, -0.05) is 5.16 Å².